The first-order valence-corrected chi connectivity index (χ1v) is 6.91. The van der Waals surface area contributed by atoms with Crippen LogP contribution in [0.2, 0.25) is 0 Å². The van der Waals surface area contributed by atoms with E-state index in [4.69, 9.17) is 5.14 Å². The molecule has 0 bridgehead atoms. The van der Waals surface area contributed by atoms with Crippen molar-refractivity contribution in [1.82, 2.24) is 0 Å². The number of allylic oxidation sites excluding steroid dienone is 2. The Kier molecular flexibility index (Phi) is 4.24. The molecule has 2 N–H and O–H groups in total. The summed E-state index contributed by atoms with van der Waals surface area (Å²) >= 11 is 0. The van der Waals surface area contributed by atoms with Gasteiger partial charge in [0.15, 0.2) is 0 Å². The fourth-order valence-corrected chi connectivity index (χ4v) is 1.96. The zero-order chi connectivity index (χ0) is 13.9. The van der Waals surface area contributed by atoms with Crippen LogP contribution in [0, 0.1) is 0 Å². The summed E-state index contributed by atoms with van der Waals surface area (Å²) in [6, 6.07) is 6.74. The predicted molar refractivity (Wildman–Crippen MR) is 71.9 cm³/mol. The van der Waals surface area contributed by atoms with Gasteiger partial charge in [-0.2, -0.15) is 0 Å². The van der Waals surface area contributed by atoms with Crippen molar-refractivity contribution in [2.75, 3.05) is 0 Å². The quantitative estimate of drug-likeness (QED) is 0.666. The van der Waals surface area contributed by atoms with Gasteiger partial charge in [0, 0.05) is 5.57 Å². The molecule has 0 aliphatic carbocycles. The van der Waals surface area contributed by atoms with Gasteiger partial charge in [-0.15, -0.1) is 0 Å². The summed E-state index contributed by atoms with van der Waals surface area (Å²) in [5.41, 5.74) is 2.34. The average Bonchev–Trinajstić information content (AvgIpc) is 2.35. The fraction of sp³-hybridized carbons (Fsp3) is 0.231. The lowest BCUT2D eigenvalue weighted by Crippen LogP contribution is -2.19. The van der Waals surface area contributed by atoms with Crippen molar-refractivity contribution in [2.45, 2.75) is 19.1 Å². The van der Waals surface area contributed by atoms with E-state index in [0.717, 1.165) is 5.56 Å². The van der Waals surface area contributed by atoms with Gasteiger partial charge in [-0.3, -0.25) is 0 Å². The molecule has 18 heavy (non-hydrogen) atoms. The van der Waals surface area contributed by atoms with Crippen molar-refractivity contribution >= 4 is 21.5 Å². The molecule has 0 aliphatic heterocycles. The summed E-state index contributed by atoms with van der Waals surface area (Å²) in [6.45, 7) is 6.92. The first kappa shape index (κ1) is 14.4. The Morgan fingerprint density at radius 3 is 2.22 bits per heavy atom. The molecule has 0 saturated heterocycles. The zero-order valence-corrected chi connectivity index (χ0v) is 11.1. The number of primary sulfonamides is 1. The van der Waals surface area contributed by atoms with Crippen molar-refractivity contribution in [3.63, 3.8) is 0 Å². The second-order valence-electron chi connectivity index (χ2n) is 4.06. The van der Waals surface area contributed by atoms with E-state index in [0.29, 0.717) is 16.7 Å². The second kappa shape index (κ2) is 5.31. The summed E-state index contributed by atoms with van der Waals surface area (Å²) in [7, 11) is -3.60. The molecule has 0 saturated carbocycles. The molecule has 0 aliphatic rings. The largest absolute Gasteiger partial charge is 0.233 e. The van der Waals surface area contributed by atoms with Gasteiger partial charge in [-0.25, -0.2) is 18.4 Å². The lowest BCUT2D eigenvalue weighted by Gasteiger charge is -2.10. The number of rotatable bonds is 4. The van der Waals surface area contributed by atoms with Gasteiger partial charge in [-0.1, -0.05) is 30.8 Å². The number of sulfonamides is 1. The molecule has 0 radical (unpaired) electrons. The molecule has 0 fully saturated rings. The first-order chi connectivity index (χ1) is 8.27. The average molecular weight is 265 g/mol. The molecule has 0 amide bonds. The highest BCUT2D eigenvalue weighted by molar-refractivity contribution is 7.89. The Morgan fingerprint density at radius 1 is 1.33 bits per heavy atom. The van der Waals surface area contributed by atoms with Crippen molar-refractivity contribution in [3.05, 3.63) is 47.5 Å². The van der Waals surface area contributed by atoms with E-state index in [9.17, 15) is 13.2 Å². The third-order valence-electron chi connectivity index (χ3n) is 2.83. The molecule has 0 heterocycles. The highest BCUT2D eigenvalue weighted by Gasteiger charge is 2.17. The van der Waals surface area contributed by atoms with Crippen LogP contribution in [0.3, 0.4) is 0 Å². The normalized spacial score (nSPS) is 12.6. The van der Waals surface area contributed by atoms with E-state index in [2.05, 4.69) is 6.58 Å². The van der Waals surface area contributed by atoms with Gasteiger partial charge in [-0.05, 0) is 30.5 Å². The van der Waals surface area contributed by atoms with Crippen LogP contribution in [0.4, 0.5) is 0 Å². The number of hydrogen-bond donors (Lipinski definition) is 1. The third-order valence-corrected chi connectivity index (χ3v) is 4.08. The van der Waals surface area contributed by atoms with E-state index in [1.165, 1.54) is 6.92 Å². The molecule has 1 rings (SSSR count). The lowest BCUT2D eigenvalue weighted by molar-refractivity contribution is 0.568. The molecule has 1 aromatic carbocycles. The minimum absolute atomic E-state index is 0.419. The number of benzene rings is 1. The Balaban J connectivity index is 3.08. The van der Waals surface area contributed by atoms with Crippen LogP contribution in [-0.2, 0) is 14.8 Å². The monoisotopic (exact) mass is 265 g/mol. The molecule has 0 spiro atoms. The summed E-state index contributed by atoms with van der Waals surface area (Å²) in [6.07, 6.45) is 0. The number of hydrogen-bond acceptors (Lipinski definition) is 3. The van der Waals surface area contributed by atoms with Crippen molar-refractivity contribution in [2.24, 2.45) is 5.14 Å². The van der Waals surface area contributed by atoms with Crippen LogP contribution in [0.15, 0.2) is 36.4 Å². The van der Waals surface area contributed by atoms with Gasteiger partial charge in [0.05, 0.1) is 5.25 Å². The summed E-state index contributed by atoms with van der Waals surface area (Å²) in [5, 5.41) is 4.32. The second-order valence-corrected chi connectivity index (χ2v) is 5.94. The molecular weight excluding hydrogens is 250 g/mol. The lowest BCUT2D eigenvalue weighted by atomic mass is 10.00. The topological polar surface area (TPSA) is 77.2 Å². The first-order valence-electron chi connectivity index (χ1n) is 5.30. The summed E-state index contributed by atoms with van der Waals surface area (Å²) < 4.78 is 22.4. The van der Waals surface area contributed by atoms with Crippen LogP contribution in [0.5, 0.6) is 0 Å². The Labute approximate surface area is 107 Å². The van der Waals surface area contributed by atoms with E-state index >= 15 is 0 Å². The highest BCUT2D eigenvalue weighted by atomic mass is 32.2. The van der Waals surface area contributed by atoms with E-state index in [-0.39, 0.29) is 0 Å². The van der Waals surface area contributed by atoms with E-state index in [1.807, 2.05) is 0 Å². The van der Waals surface area contributed by atoms with Crippen LogP contribution in [0.25, 0.3) is 5.57 Å². The zero-order valence-electron chi connectivity index (χ0n) is 10.3. The van der Waals surface area contributed by atoms with Crippen molar-refractivity contribution < 1.29 is 13.2 Å². The third kappa shape index (κ3) is 3.17. The minimum Gasteiger partial charge on any atom is -0.233 e. The predicted octanol–water partition coefficient (Wildman–Crippen LogP) is 1.83. The maximum atomic E-state index is 11.2. The highest BCUT2D eigenvalue weighted by Crippen LogP contribution is 2.23. The van der Waals surface area contributed by atoms with Crippen LogP contribution in [0.1, 0.15) is 30.2 Å². The van der Waals surface area contributed by atoms with Crippen LogP contribution >= 0.6 is 0 Å². The standard InChI is InChI=1S/C13H15NO3S/c1-9(8-15)10(2)12-4-6-13(7-5-12)11(3)18(14,16)17/h4-7,11H,2H2,1,3H3,(H2,14,16,17). The molecule has 1 atom stereocenters. The minimum atomic E-state index is -3.60. The van der Waals surface area contributed by atoms with Gasteiger partial charge < -0.3 is 0 Å². The molecule has 0 aromatic heterocycles. The maximum Gasteiger partial charge on any atom is 0.215 e. The molecule has 5 heteroatoms. The van der Waals surface area contributed by atoms with Gasteiger partial charge >= 0.3 is 0 Å². The van der Waals surface area contributed by atoms with Crippen LogP contribution in [-0.4, -0.2) is 14.4 Å². The Bertz CT molecular complexity index is 608. The van der Waals surface area contributed by atoms with Gasteiger partial charge in [0.2, 0.25) is 10.0 Å². The van der Waals surface area contributed by atoms with Gasteiger partial charge in [0.1, 0.15) is 5.94 Å². The fourth-order valence-electron chi connectivity index (χ4n) is 1.42. The van der Waals surface area contributed by atoms with Crippen molar-refractivity contribution in [1.29, 1.82) is 0 Å². The molecular formula is C13H15NO3S. The number of nitrogens with two attached hydrogens (primary N) is 1. The summed E-state index contributed by atoms with van der Waals surface area (Å²) in [5.74, 6) is 1.78. The van der Waals surface area contributed by atoms with E-state index in [1.54, 1.807) is 37.1 Å². The number of carbonyl (C=O) groups excluding carboxylic acids is 1. The molecule has 1 unspecified atom stereocenters. The van der Waals surface area contributed by atoms with E-state index < -0.39 is 15.3 Å². The SMILES string of the molecule is C=C(C(C)=C=O)c1ccc(C(C)S(N)(=O)=O)cc1. The van der Waals surface area contributed by atoms with Crippen LogP contribution < -0.4 is 5.14 Å². The maximum absolute atomic E-state index is 11.2. The molecule has 4 nitrogen and oxygen atoms in total. The van der Waals surface area contributed by atoms with Crippen molar-refractivity contribution in [3.8, 4) is 0 Å². The summed E-state index contributed by atoms with van der Waals surface area (Å²) in [4.78, 5) is 10.5. The molecule has 96 valence electrons. The Morgan fingerprint density at radius 2 is 1.83 bits per heavy atom. The molecule has 1 aromatic rings. The Hall–Kier alpha value is -1.68. The smallest absolute Gasteiger partial charge is 0.215 e. The van der Waals surface area contributed by atoms with Gasteiger partial charge in [0.25, 0.3) is 0 Å².